The summed E-state index contributed by atoms with van der Waals surface area (Å²) in [5.74, 6) is 2.22. The Morgan fingerprint density at radius 2 is 1.83 bits per heavy atom. The van der Waals surface area contributed by atoms with E-state index < -0.39 is 0 Å². The molecule has 0 saturated heterocycles. The molecule has 1 aliphatic carbocycles. The summed E-state index contributed by atoms with van der Waals surface area (Å²) in [5.41, 5.74) is 6.76. The monoisotopic (exact) mass is 400 g/mol. The van der Waals surface area contributed by atoms with Crippen LogP contribution in [0.5, 0.6) is 0 Å². The summed E-state index contributed by atoms with van der Waals surface area (Å²) >= 11 is 0. The van der Waals surface area contributed by atoms with Crippen molar-refractivity contribution in [2.24, 2.45) is 0 Å². The highest BCUT2D eigenvalue weighted by Crippen LogP contribution is 2.38. The van der Waals surface area contributed by atoms with Gasteiger partial charge in [-0.2, -0.15) is 0 Å². The number of nitrogens with one attached hydrogen (secondary N) is 1. The smallest absolute Gasteiger partial charge is 0.247 e. The number of aryl methyl sites for hydroxylation is 1. The van der Waals surface area contributed by atoms with Crippen LogP contribution in [-0.4, -0.2) is 20.2 Å². The first-order chi connectivity index (χ1) is 14.6. The Balaban J connectivity index is 1.57. The highest BCUT2D eigenvalue weighted by molar-refractivity contribution is 5.93. The molecule has 0 amide bonds. The quantitative estimate of drug-likeness (QED) is 0.411. The minimum absolute atomic E-state index is 0.373. The number of aromatic amines is 1. The van der Waals surface area contributed by atoms with Crippen molar-refractivity contribution >= 4 is 10.9 Å². The van der Waals surface area contributed by atoms with E-state index in [1.165, 1.54) is 35.8 Å². The molecule has 1 fully saturated rings. The molecule has 1 N–H and O–H groups in total. The fraction of sp³-hybridized carbons (Fsp3) is 0.400. The lowest BCUT2D eigenvalue weighted by Gasteiger charge is -2.17. The number of hydrogen-bond acceptors (Lipinski definition) is 4. The van der Waals surface area contributed by atoms with E-state index in [0.29, 0.717) is 17.7 Å². The van der Waals surface area contributed by atoms with Crippen LogP contribution in [0.4, 0.5) is 0 Å². The van der Waals surface area contributed by atoms with E-state index in [-0.39, 0.29) is 0 Å². The number of pyridine rings is 1. The summed E-state index contributed by atoms with van der Waals surface area (Å²) in [5, 5.41) is 9.98. The topological polar surface area (TPSA) is 67.6 Å². The molecular weight excluding hydrogens is 372 g/mol. The van der Waals surface area contributed by atoms with Gasteiger partial charge >= 0.3 is 0 Å². The Kier molecular flexibility index (Phi) is 4.89. The van der Waals surface area contributed by atoms with E-state index in [2.05, 4.69) is 64.3 Å². The maximum absolute atomic E-state index is 6.12. The van der Waals surface area contributed by atoms with Crippen molar-refractivity contribution in [3.63, 3.8) is 0 Å². The Hall–Kier alpha value is -2.95. The van der Waals surface area contributed by atoms with Gasteiger partial charge in [-0.15, -0.1) is 10.2 Å². The van der Waals surface area contributed by atoms with Gasteiger partial charge in [-0.25, -0.2) is 0 Å². The maximum Gasteiger partial charge on any atom is 0.247 e. The van der Waals surface area contributed by atoms with Crippen LogP contribution in [0.3, 0.4) is 0 Å². The molecule has 0 unspecified atom stereocenters. The molecule has 0 atom stereocenters. The second-order valence-corrected chi connectivity index (χ2v) is 8.80. The molecule has 1 saturated carbocycles. The van der Waals surface area contributed by atoms with Crippen molar-refractivity contribution in [2.75, 3.05) is 0 Å². The number of nitrogens with zero attached hydrogens (tertiary/aromatic N) is 3. The molecule has 0 radical (unpaired) electrons. The van der Waals surface area contributed by atoms with Gasteiger partial charge in [0.15, 0.2) is 0 Å². The molecule has 3 heterocycles. The lowest BCUT2D eigenvalue weighted by Crippen LogP contribution is -2.04. The maximum atomic E-state index is 6.12. The molecule has 5 rings (SSSR count). The summed E-state index contributed by atoms with van der Waals surface area (Å²) in [6.45, 7) is 6.50. The Bertz CT molecular complexity index is 1180. The van der Waals surface area contributed by atoms with Gasteiger partial charge in [-0.1, -0.05) is 33.1 Å². The van der Waals surface area contributed by atoms with E-state index >= 15 is 0 Å². The molecule has 5 nitrogen and oxygen atoms in total. The van der Waals surface area contributed by atoms with Gasteiger partial charge < -0.3 is 9.40 Å². The Labute approximate surface area is 177 Å². The lowest BCUT2D eigenvalue weighted by molar-refractivity contribution is 0.367. The molecule has 1 aromatic carbocycles. The van der Waals surface area contributed by atoms with E-state index in [1.807, 2.05) is 13.1 Å². The van der Waals surface area contributed by atoms with Crippen LogP contribution in [0.25, 0.3) is 33.6 Å². The zero-order chi connectivity index (χ0) is 20.7. The zero-order valence-electron chi connectivity index (χ0n) is 17.9. The second kappa shape index (κ2) is 7.71. The van der Waals surface area contributed by atoms with Crippen LogP contribution in [-0.2, 0) is 0 Å². The summed E-state index contributed by atoms with van der Waals surface area (Å²) in [7, 11) is 0. The van der Waals surface area contributed by atoms with E-state index in [4.69, 9.17) is 4.42 Å². The van der Waals surface area contributed by atoms with Gasteiger partial charge in [0.25, 0.3) is 0 Å². The summed E-state index contributed by atoms with van der Waals surface area (Å²) in [6.07, 6.45) is 8.02. The molecule has 5 heteroatoms. The molecule has 154 valence electrons. The molecule has 1 aliphatic rings. The van der Waals surface area contributed by atoms with Crippen LogP contribution >= 0.6 is 0 Å². The molecule has 0 aliphatic heterocycles. The van der Waals surface area contributed by atoms with Gasteiger partial charge in [0.2, 0.25) is 11.8 Å². The number of benzene rings is 1. The average Bonchev–Trinajstić information content (AvgIpc) is 3.39. The van der Waals surface area contributed by atoms with Crippen LogP contribution in [0.15, 0.2) is 40.9 Å². The molecule has 0 bridgehead atoms. The summed E-state index contributed by atoms with van der Waals surface area (Å²) in [4.78, 5) is 7.98. The predicted octanol–water partition coefficient (Wildman–Crippen LogP) is 6.76. The van der Waals surface area contributed by atoms with E-state index in [1.54, 1.807) is 0 Å². The van der Waals surface area contributed by atoms with Crippen LogP contribution in [0.1, 0.15) is 74.9 Å². The highest BCUT2D eigenvalue weighted by atomic mass is 16.4. The fourth-order valence-corrected chi connectivity index (χ4v) is 4.74. The second-order valence-electron chi connectivity index (χ2n) is 8.80. The van der Waals surface area contributed by atoms with E-state index in [0.717, 1.165) is 41.2 Å². The van der Waals surface area contributed by atoms with Crippen molar-refractivity contribution in [3.05, 3.63) is 53.7 Å². The first kappa shape index (κ1) is 19.0. The van der Waals surface area contributed by atoms with Crippen LogP contribution in [0.2, 0.25) is 0 Å². The van der Waals surface area contributed by atoms with Gasteiger partial charge in [0.1, 0.15) is 0 Å². The minimum Gasteiger partial charge on any atom is -0.420 e. The van der Waals surface area contributed by atoms with Crippen molar-refractivity contribution in [2.45, 2.75) is 64.7 Å². The van der Waals surface area contributed by atoms with Crippen LogP contribution in [0, 0.1) is 6.92 Å². The van der Waals surface area contributed by atoms with Crippen molar-refractivity contribution in [1.82, 2.24) is 20.2 Å². The summed E-state index contributed by atoms with van der Waals surface area (Å²) in [6, 6.07) is 10.6. The Morgan fingerprint density at radius 1 is 1.00 bits per heavy atom. The molecule has 4 aromatic rings. The lowest BCUT2D eigenvalue weighted by atomic mass is 9.89. The molecule has 0 spiro atoms. The summed E-state index contributed by atoms with van der Waals surface area (Å²) < 4.78 is 6.12. The third-order valence-electron chi connectivity index (χ3n) is 6.24. The largest absolute Gasteiger partial charge is 0.420 e. The third kappa shape index (κ3) is 3.42. The SMILES string of the molecule is Cc1cc(-c2[nH]c3ccc(-c4nnc(C5CCCCC5)o4)cc3c2C(C)C)ccn1. The average molecular weight is 401 g/mol. The highest BCUT2D eigenvalue weighted by Gasteiger charge is 2.22. The number of aromatic nitrogens is 4. The minimum atomic E-state index is 0.373. The number of H-pyrrole nitrogens is 1. The van der Waals surface area contributed by atoms with Crippen molar-refractivity contribution < 1.29 is 4.42 Å². The van der Waals surface area contributed by atoms with Gasteiger partial charge in [-0.05, 0) is 61.6 Å². The Morgan fingerprint density at radius 3 is 2.60 bits per heavy atom. The predicted molar refractivity (Wildman–Crippen MR) is 119 cm³/mol. The van der Waals surface area contributed by atoms with Crippen molar-refractivity contribution in [1.29, 1.82) is 0 Å². The van der Waals surface area contributed by atoms with E-state index in [9.17, 15) is 0 Å². The molecule has 3 aromatic heterocycles. The molecule has 30 heavy (non-hydrogen) atoms. The normalized spacial score (nSPS) is 15.3. The van der Waals surface area contributed by atoms with Gasteiger partial charge in [0.05, 0.1) is 5.69 Å². The van der Waals surface area contributed by atoms with Gasteiger partial charge in [0, 0.05) is 39.8 Å². The van der Waals surface area contributed by atoms with Crippen LogP contribution < -0.4 is 0 Å². The number of rotatable bonds is 4. The third-order valence-corrected chi connectivity index (χ3v) is 6.24. The fourth-order valence-electron chi connectivity index (χ4n) is 4.74. The zero-order valence-corrected chi connectivity index (χ0v) is 17.9. The number of fused-ring (bicyclic) bond motifs is 1. The molecular formula is C25H28N4O. The number of hydrogen-bond donors (Lipinski definition) is 1. The van der Waals surface area contributed by atoms with Crippen molar-refractivity contribution in [3.8, 4) is 22.7 Å². The van der Waals surface area contributed by atoms with Gasteiger partial charge in [-0.3, -0.25) is 4.98 Å². The first-order valence-electron chi connectivity index (χ1n) is 11.0. The standard InChI is InChI=1S/C25H28N4O/c1-15(2)22-20-14-19(25-29-28-24(30-25)17-7-5-4-6-8-17)9-10-21(20)27-23(22)18-11-12-26-16(3)13-18/h9-15,17,27H,4-8H2,1-3H3. The first-order valence-corrected chi connectivity index (χ1v) is 11.0.